The van der Waals surface area contributed by atoms with Gasteiger partial charge in [0.05, 0.1) is 19.8 Å². The molecule has 0 aliphatic rings. The summed E-state index contributed by atoms with van der Waals surface area (Å²) in [6, 6.07) is 33.6. The molecule has 2 aromatic heterocycles. The van der Waals surface area contributed by atoms with E-state index in [9.17, 15) is 16.8 Å². The topological polar surface area (TPSA) is 207 Å². The number of nitriles is 1. The number of primary sulfonamides is 2. The van der Waals surface area contributed by atoms with Crippen LogP contribution in [0.4, 0.5) is 0 Å². The molecule has 4 N–H and O–H groups in total. The van der Waals surface area contributed by atoms with Crippen molar-refractivity contribution in [2.75, 3.05) is 14.2 Å². The van der Waals surface area contributed by atoms with Crippen LogP contribution in [0.15, 0.2) is 136 Å². The zero-order chi connectivity index (χ0) is 40.2. The molecular formula is C39H35BrIN5O8S2V2-2. The molecule has 58 heavy (non-hydrogen) atoms. The molecule has 0 aliphatic carbocycles. The monoisotopic (exact) mass is 1070 g/mol. The van der Waals surface area contributed by atoms with Gasteiger partial charge in [-0.2, -0.15) is 5.26 Å². The van der Waals surface area contributed by atoms with Crippen LogP contribution in [0.1, 0.15) is 5.56 Å². The molecule has 6 aromatic rings. The molecule has 0 amide bonds. The van der Waals surface area contributed by atoms with Crippen LogP contribution in [0.25, 0.3) is 22.3 Å². The van der Waals surface area contributed by atoms with Crippen LogP contribution in [-0.2, 0) is 57.2 Å². The maximum absolute atomic E-state index is 11.8. The van der Waals surface area contributed by atoms with Gasteiger partial charge < -0.3 is 49.0 Å². The second-order valence-electron chi connectivity index (χ2n) is 10.9. The van der Waals surface area contributed by atoms with Crippen molar-refractivity contribution in [3.05, 3.63) is 144 Å². The van der Waals surface area contributed by atoms with Crippen molar-refractivity contribution in [3.8, 4) is 63.1 Å². The molecule has 4 aromatic carbocycles. The summed E-state index contributed by atoms with van der Waals surface area (Å²) in [6.45, 7) is 0. The third kappa shape index (κ3) is 14.7. The van der Waals surface area contributed by atoms with E-state index in [4.69, 9.17) is 34.5 Å². The Morgan fingerprint density at radius 2 is 1.02 bits per heavy atom. The number of hydrogen-bond donors (Lipinski definition) is 2. The maximum atomic E-state index is 11.8. The van der Waals surface area contributed by atoms with E-state index in [1.54, 1.807) is 44.6 Å². The van der Waals surface area contributed by atoms with Crippen molar-refractivity contribution < 1.29 is 72.9 Å². The van der Waals surface area contributed by atoms with Crippen molar-refractivity contribution in [3.63, 3.8) is 0 Å². The zero-order valence-corrected chi connectivity index (χ0v) is 39.2. The van der Waals surface area contributed by atoms with Crippen molar-refractivity contribution in [2.24, 2.45) is 10.3 Å². The first-order valence-corrected chi connectivity index (χ1v) is 20.9. The van der Waals surface area contributed by atoms with E-state index in [0.717, 1.165) is 39.8 Å². The fourth-order valence-electron chi connectivity index (χ4n) is 4.73. The summed E-state index contributed by atoms with van der Waals surface area (Å²) in [5, 5.41) is 19.4. The molecule has 0 fully saturated rings. The largest absolute Gasteiger partial charge is 0.497 e. The molecule has 6 rings (SSSR count). The fraction of sp³-hybridized carbons (Fsp3) is 0.0513. The fourth-order valence-corrected chi connectivity index (χ4v) is 6.47. The molecule has 0 spiro atoms. The number of methoxy groups -OCH3 is 2. The Kier molecular flexibility index (Phi) is 21.8. The number of ether oxygens (including phenoxy) is 4. The SMILES string of the molecule is COc1ccc(-c2cccc(Oc3ncc(Br)cc3S(N)(=O)=O)c2)cc1.COc1ccc(-c2cccc(Oc3ncc(C#N)cc3S(N)(=O)=O)c2)cc1.[CH2-]I.[CH3-].[V].[V]. The second kappa shape index (κ2) is 24.2. The molecule has 0 unspecified atom stereocenters. The third-order valence-corrected chi connectivity index (χ3v) is 9.53. The smallest absolute Gasteiger partial charge is 0.243 e. The van der Waals surface area contributed by atoms with E-state index in [1.807, 2.05) is 95.4 Å². The molecule has 302 valence electrons. The van der Waals surface area contributed by atoms with Gasteiger partial charge in [0.1, 0.15) is 38.9 Å². The number of hydrogen-bond acceptors (Lipinski definition) is 11. The average Bonchev–Trinajstić information content (AvgIpc) is 3.19. The Morgan fingerprint density at radius 3 is 1.40 bits per heavy atom. The van der Waals surface area contributed by atoms with Crippen LogP contribution in [-0.4, -0.2) is 41.0 Å². The number of nitrogens with two attached hydrogens (primary N) is 2. The van der Waals surface area contributed by atoms with Gasteiger partial charge in [0, 0.05) is 54.0 Å². The van der Waals surface area contributed by atoms with Crippen LogP contribution >= 0.6 is 38.5 Å². The van der Waals surface area contributed by atoms with Gasteiger partial charge >= 0.3 is 0 Å². The number of nitrogens with zero attached hydrogens (tertiary/aromatic N) is 3. The number of aromatic nitrogens is 2. The first-order valence-electron chi connectivity index (χ1n) is 15.5. The number of rotatable bonds is 10. The van der Waals surface area contributed by atoms with Crippen molar-refractivity contribution >= 4 is 58.6 Å². The summed E-state index contributed by atoms with van der Waals surface area (Å²) in [5.74, 6) is 2.05. The van der Waals surface area contributed by atoms with E-state index in [2.05, 4.69) is 30.8 Å². The van der Waals surface area contributed by atoms with E-state index in [-0.39, 0.29) is 71.7 Å². The first kappa shape index (κ1) is 52.1. The predicted octanol–water partition coefficient (Wildman–Crippen LogP) is 8.69. The van der Waals surface area contributed by atoms with E-state index < -0.39 is 20.0 Å². The van der Waals surface area contributed by atoms with Crippen LogP contribution < -0.4 is 29.2 Å². The summed E-state index contributed by atoms with van der Waals surface area (Å²) >= 11 is 5.08. The summed E-state index contributed by atoms with van der Waals surface area (Å²) in [6.07, 6.45) is 2.66. The molecule has 0 saturated heterocycles. The van der Waals surface area contributed by atoms with E-state index in [1.165, 1.54) is 18.5 Å². The minimum absolute atomic E-state index is 0. The first-order chi connectivity index (χ1) is 26.3. The molecule has 19 heteroatoms. The minimum atomic E-state index is -4.11. The van der Waals surface area contributed by atoms with Gasteiger partial charge in [0.15, 0.2) is 0 Å². The Bertz CT molecular complexity index is 2530. The molecule has 0 bridgehead atoms. The maximum Gasteiger partial charge on any atom is 0.243 e. The third-order valence-electron chi connectivity index (χ3n) is 7.29. The van der Waals surface area contributed by atoms with Crippen LogP contribution in [0.2, 0.25) is 0 Å². The quantitative estimate of drug-likeness (QED) is 0.0980. The molecule has 0 saturated carbocycles. The Labute approximate surface area is 384 Å². The zero-order valence-electron chi connectivity index (χ0n) is 31.0. The van der Waals surface area contributed by atoms with Crippen molar-refractivity contribution in [1.29, 1.82) is 5.26 Å². The summed E-state index contributed by atoms with van der Waals surface area (Å²) in [7, 11) is -4.88. The minimum Gasteiger partial charge on any atom is -0.497 e. The average molecular weight is 1070 g/mol. The Morgan fingerprint density at radius 1 is 0.621 bits per heavy atom. The van der Waals surface area contributed by atoms with Gasteiger partial charge in [0.2, 0.25) is 31.8 Å². The normalized spacial score (nSPS) is 10.2. The van der Waals surface area contributed by atoms with Crippen molar-refractivity contribution in [2.45, 2.75) is 9.79 Å². The molecule has 0 atom stereocenters. The van der Waals surface area contributed by atoms with Gasteiger partial charge in [-0.15, -0.1) is 0 Å². The molecule has 13 nitrogen and oxygen atoms in total. The van der Waals surface area contributed by atoms with Gasteiger partial charge in [-0.05, 0) is 98.8 Å². The molecule has 2 radical (unpaired) electrons. The number of benzene rings is 4. The van der Waals surface area contributed by atoms with Gasteiger partial charge in [-0.25, -0.2) is 37.1 Å². The standard InChI is InChI=1S/C19H15N3O4S.C18H15BrN2O4S.CH2I.CH3.2V/c1-25-16-7-5-14(6-8-16)15-3-2-4-17(10-15)26-19-18(27(21,23)24)9-13(11-20)12-22-19;1-24-15-7-5-12(6-8-15)13-3-2-4-16(9-13)25-18-17(26(20,22)23)10-14(19)11-21-18;1-2;;;/h2-10,12H,1H3,(H2,21,23,24);2-11H,1H3,(H2,20,22,23);1H2;1H3;;/q;;2*-1;;. The van der Waals surface area contributed by atoms with Gasteiger partial charge in [-0.1, -0.05) is 48.5 Å². The Balaban J connectivity index is 0.000000530. The van der Waals surface area contributed by atoms with Crippen LogP contribution in [0, 0.1) is 23.7 Å². The second-order valence-corrected chi connectivity index (χ2v) is 14.9. The Hall–Kier alpha value is -3.93. The summed E-state index contributed by atoms with van der Waals surface area (Å²) in [4.78, 5) is 10.6. The number of sulfonamides is 2. The molecular weight excluding hydrogens is 1040 g/mol. The summed E-state index contributed by atoms with van der Waals surface area (Å²) in [5.41, 5.74) is 3.73. The van der Waals surface area contributed by atoms with E-state index >= 15 is 0 Å². The van der Waals surface area contributed by atoms with Crippen molar-refractivity contribution in [1.82, 2.24) is 9.97 Å². The van der Waals surface area contributed by atoms with Crippen LogP contribution in [0.3, 0.4) is 0 Å². The number of halogens is 2. The van der Waals surface area contributed by atoms with Crippen LogP contribution in [0.5, 0.6) is 34.8 Å². The van der Waals surface area contributed by atoms with E-state index in [0.29, 0.717) is 16.0 Å². The molecule has 0 aliphatic heterocycles. The number of pyridine rings is 2. The molecule has 2 heterocycles. The van der Waals surface area contributed by atoms with Gasteiger partial charge in [0.25, 0.3) is 0 Å². The summed E-state index contributed by atoms with van der Waals surface area (Å²) < 4.78 is 69.2. The van der Waals surface area contributed by atoms with Gasteiger partial charge in [-0.3, -0.25) is 4.93 Å². The predicted molar refractivity (Wildman–Crippen MR) is 226 cm³/mol.